The molecule has 0 radical (unpaired) electrons. The highest BCUT2D eigenvalue weighted by atomic mass is 15.3. The maximum Gasteiger partial charge on any atom is 0.0670 e. The maximum atomic E-state index is 6.05. The highest BCUT2D eigenvalue weighted by molar-refractivity contribution is 5.27. The molecule has 0 saturated carbocycles. The van der Waals surface area contributed by atoms with E-state index in [1.54, 1.807) is 0 Å². The van der Waals surface area contributed by atoms with Gasteiger partial charge in [-0.3, -0.25) is 9.58 Å². The first kappa shape index (κ1) is 15.7. The van der Waals surface area contributed by atoms with Crippen LogP contribution in [-0.2, 0) is 20.0 Å². The first-order chi connectivity index (χ1) is 10.1. The van der Waals surface area contributed by atoms with Crippen LogP contribution in [0, 0.1) is 6.92 Å². The monoisotopic (exact) mass is 286 g/mol. The molecule has 0 spiro atoms. The van der Waals surface area contributed by atoms with Crippen LogP contribution in [0.25, 0.3) is 0 Å². The number of hydrogen-bond donors (Lipinski definition) is 1. The molecule has 1 atom stereocenters. The van der Waals surface area contributed by atoms with E-state index in [0.29, 0.717) is 6.54 Å². The molecule has 4 nitrogen and oxygen atoms in total. The average Bonchev–Trinajstić information content (AvgIpc) is 2.83. The van der Waals surface area contributed by atoms with E-state index in [1.165, 1.54) is 16.7 Å². The Balaban J connectivity index is 2.22. The van der Waals surface area contributed by atoms with Gasteiger partial charge in [0.25, 0.3) is 0 Å². The van der Waals surface area contributed by atoms with E-state index >= 15 is 0 Å². The van der Waals surface area contributed by atoms with Crippen LogP contribution in [0.5, 0.6) is 0 Å². The minimum absolute atomic E-state index is 0.202. The van der Waals surface area contributed by atoms with E-state index < -0.39 is 0 Å². The molecule has 0 fully saturated rings. The highest BCUT2D eigenvalue weighted by Crippen LogP contribution is 2.24. The quantitative estimate of drug-likeness (QED) is 0.887. The van der Waals surface area contributed by atoms with Crippen LogP contribution >= 0.6 is 0 Å². The first-order valence-corrected chi connectivity index (χ1v) is 7.54. The molecule has 2 aromatic rings. The minimum Gasteiger partial charge on any atom is -0.329 e. The van der Waals surface area contributed by atoms with Gasteiger partial charge < -0.3 is 5.73 Å². The normalized spacial score (nSPS) is 12.9. The molecular weight excluding hydrogens is 260 g/mol. The number of aromatic nitrogens is 2. The second-order valence-electron chi connectivity index (χ2n) is 5.65. The third-order valence-corrected chi connectivity index (χ3v) is 4.07. The predicted molar refractivity (Wildman–Crippen MR) is 87.0 cm³/mol. The molecular formula is C17H26N4. The summed E-state index contributed by atoms with van der Waals surface area (Å²) in [6, 6.07) is 8.71. The molecule has 0 bridgehead atoms. The molecule has 0 aliphatic heterocycles. The summed E-state index contributed by atoms with van der Waals surface area (Å²) in [5.74, 6) is 0. The SMILES string of the molecule is CCc1nn(C)cc1C(CN)N(C)Cc1ccccc1C. The fourth-order valence-corrected chi connectivity index (χ4v) is 2.82. The second kappa shape index (κ2) is 6.87. The lowest BCUT2D eigenvalue weighted by molar-refractivity contribution is 0.240. The van der Waals surface area contributed by atoms with Crippen molar-refractivity contribution in [3.05, 3.63) is 52.8 Å². The van der Waals surface area contributed by atoms with E-state index in [-0.39, 0.29) is 6.04 Å². The fourth-order valence-electron chi connectivity index (χ4n) is 2.82. The molecule has 0 aliphatic carbocycles. The topological polar surface area (TPSA) is 47.1 Å². The largest absolute Gasteiger partial charge is 0.329 e. The Morgan fingerprint density at radius 2 is 2.05 bits per heavy atom. The molecule has 2 N–H and O–H groups in total. The third-order valence-electron chi connectivity index (χ3n) is 4.07. The zero-order valence-electron chi connectivity index (χ0n) is 13.5. The maximum absolute atomic E-state index is 6.05. The van der Waals surface area contributed by atoms with E-state index in [4.69, 9.17) is 5.73 Å². The van der Waals surface area contributed by atoms with Crippen LogP contribution in [0.15, 0.2) is 30.5 Å². The van der Waals surface area contributed by atoms with Crippen molar-refractivity contribution in [2.45, 2.75) is 32.9 Å². The predicted octanol–water partition coefficient (Wildman–Crippen LogP) is 2.42. The molecule has 0 saturated heterocycles. The summed E-state index contributed by atoms with van der Waals surface area (Å²) >= 11 is 0. The lowest BCUT2D eigenvalue weighted by Crippen LogP contribution is -2.30. The van der Waals surface area contributed by atoms with Gasteiger partial charge in [0.2, 0.25) is 0 Å². The van der Waals surface area contributed by atoms with Crippen molar-refractivity contribution in [1.82, 2.24) is 14.7 Å². The number of rotatable bonds is 6. The minimum atomic E-state index is 0.202. The van der Waals surface area contributed by atoms with E-state index in [9.17, 15) is 0 Å². The summed E-state index contributed by atoms with van der Waals surface area (Å²) in [6.07, 6.45) is 3.04. The Bertz CT molecular complexity index is 588. The molecule has 0 aliphatic rings. The number of hydrogen-bond acceptors (Lipinski definition) is 3. The number of aryl methyl sites for hydroxylation is 3. The molecule has 1 aromatic carbocycles. The van der Waals surface area contributed by atoms with Gasteiger partial charge in [-0.2, -0.15) is 5.10 Å². The Hall–Kier alpha value is -1.65. The third kappa shape index (κ3) is 3.52. The van der Waals surface area contributed by atoms with Crippen LogP contribution in [0.3, 0.4) is 0 Å². The summed E-state index contributed by atoms with van der Waals surface area (Å²) in [4.78, 5) is 2.32. The number of nitrogens with zero attached hydrogens (tertiary/aromatic N) is 3. The number of benzene rings is 1. The molecule has 114 valence electrons. The molecule has 4 heteroatoms. The van der Waals surface area contributed by atoms with Gasteiger partial charge in [-0.15, -0.1) is 0 Å². The van der Waals surface area contributed by atoms with E-state index in [1.807, 2.05) is 11.7 Å². The molecule has 2 rings (SSSR count). The standard InChI is InChI=1S/C17H26N4/c1-5-16-15(12-21(4)19-16)17(10-18)20(3)11-14-9-7-6-8-13(14)2/h6-9,12,17H,5,10-11,18H2,1-4H3. The van der Waals surface area contributed by atoms with Gasteiger partial charge in [-0.05, 0) is 31.5 Å². The van der Waals surface area contributed by atoms with Crippen LogP contribution in [0.4, 0.5) is 0 Å². The van der Waals surface area contributed by atoms with Crippen molar-refractivity contribution in [3.8, 4) is 0 Å². The Labute approximate surface area is 127 Å². The van der Waals surface area contributed by atoms with Gasteiger partial charge in [0, 0.05) is 31.9 Å². The van der Waals surface area contributed by atoms with Gasteiger partial charge in [-0.25, -0.2) is 0 Å². The van der Waals surface area contributed by atoms with Crippen LogP contribution in [0.2, 0.25) is 0 Å². The smallest absolute Gasteiger partial charge is 0.0670 e. The average molecular weight is 286 g/mol. The summed E-state index contributed by atoms with van der Waals surface area (Å²) in [5, 5.41) is 4.54. The lowest BCUT2D eigenvalue weighted by atomic mass is 10.0. The van der Waals surface area contributed by atoms with Gasteiger partial charge in [0.1, 0.15) is 0 Å². The van der Waals surface area contributed by atoms with Crippen molar-refractivity contribution in [3.63, 3.8) is 0 Å². The zero-order chi connectivity index (χ0) is 15.4. The van der Waals surface area contributed by atoms with Crippen LogP contribution in [0.1, 0.15) is 35.3 Å². The van der Waals surface area contributed by atoms with Crippen LogP contribution < -0.4 is 5.73 Å². The first-order valence-electron chi connectivity index (χ1n) is 7.54. The summed E-state index contributed by atoms with van der Waals surface area (Å²) in [6.45, 7) is 5.79. The number of nitrogens with two attached hydrogens (primary N) is 1. The number of likely N-dealkylation sites (N-methyl/N-ethyl adjacent to an activating group) is 1. The Kier molecular flexibility index (Phi) is 5.15. The van der Waals surface area contributed by atoms with Gasteiger partial charge in [0.05, 0.1) is 11.7 Å². The second-order valence-corrected chi connectivity index (χ2v) is 5.65. The summed E-state index contributed by atoms with van der Waals surface area (Å²) in [7, 11) is 4.11. The molecule has 1 heterocycles. The molecule has 0 amide bonds. The fraction of sp³-hybridized carbons (Fsp3) is 0.471. The van der Waals surface area contributed by atoms with E-state index in [0.717, 1.165) is 18.7 Å². The Morgan fingerprint density at radius 3 is 2.67 bits per heavy atom. The van der Waals surface area contributed by atoms with Gasteiger partial charge in [0.15, 0.2) is 0 Å². The molecule has 1 aromatic heterocycles. The summed E-state index contributed by atoms with van der Waals surface area (Å²) in [5.41, 5.74) is 11.1. The van der Waals surface area contributed by atoms with Crippen molar-refractivity contribution < 1.29 is 0 Å². The molecule has 1 unspecified atom stereocenters. The van der Waals surface area contributed by atoms with Gasteiger partial charge in [-0.1, -0.05) is 31.2 Å². The van der Waals surface area contributed by atoms with Crippen molar-refractivity contribution in [2.24, 2.45) is 12.8 Å². The van der Waals surface area contributed by atoms with Crippen LogP contribution in [-0.4, -0.2) is 28.3 Å². The summed E-state index contributed by atoms with van der Waals surface area (Å²) < 4.78 is 1.89. The van der Waals surface area contributed by atoms with E-state index in [2.05, 4.69) is 61.4 Å². The van der Waals surface area contributed by atoms with Crippen molar-refractivity contribution in [1.29, 1.82) is 0 Å². The Morgan fingerprint density at radius 1 is 1.33 bits per heavy atom. The van der Waals surface area contributed by atoms with Crippen molar-refractivity contribution in [2.75, 3.05) is 13.6 Å². The highest BCUT2D eigenvalue weighted by Gasteiger charge is 2.21. The lowest BCUT2D eigenvalue weighted by Gasteiger charge is -2.27. The molecule has 21 heavy (non-hydrogen) atoms. The van der Waals surface area contributed by atoms with Gasteiger partial charge >= 0.3 is 0 Å². The zero-order valence-corrected chi connectivity index (χ0v) is 13.5. The van der Waals surface area contributed by atoms with Crippen molar-refractivity contribution >= 4 is 0 Å².